The lowest BCUT2D eigenvalue weighted by atomic mass is 10.3. The zero-order valence-corrected chi connectivity index (χ0v) is 11.2. The number of carbonyl (C=O) groups excluding carboxylic acids is 1. The summed E-state index contributed by atoms with van der Waals surface area (Å²) in [6.07, 6.45) is 1.02. The summed E-state index contributed by atoms with van der Waals surface area (Å²) in [7, 11) is 2.93. The van der Waals surface area contributed by atoms with Gasteiger partial charge in [0.2, 0.25) is 0 Å². The number of nitrogens with one attached hydrogen (secondary N) is 2. The molecule has 1 amide bonds. The predicted molar refractivity (Wildman–Crippen MR) is 76.5 cm³/mol. The molecule has 6 nitrogen and oxygen atoms in total. The second kappa shape index (κ2) is 6.42. The first kappa shape index (κ1) is 13.7. The number of benzene rings is 1. The van der Waals surface area contributed by atoms with Gasteiger partial charge in [-0.1, -0.05) is 0 Å². The second-order valence-electron chi connectivity index (χ2n) is 3.90. The third-order valence-corrected chi connectivity index (χ3v) is 2.56. The molecule has 20 heavy (non-hydrogen) atoms. The molecule has 0 fully saturated rings. The molecule has 6 heteroatoms. The molecule has 0 spiro atoms. The topological polar surface area (TPSA) is 72.5 Å². The molecule has 0 radical (unpaired) electrons. The lowest BCUT2D eigenvalue weighted by Gasteiger charge is -2.08. The highest BCUT2D eigenvalue weighted by atomic mass is 16.5. The minimum absolute atomic E-state index is 0.525. The van der Waals surface area contributed by atoms with E-state index in [0.717, 1.165) is 11.4 Å². The Morgan fingerprint density at radius 3 is 2.30 bits per heavy atom. The molecule has 0 aliphatic carbocycles. The highest BCUT2D eigenvalue weighted by molar-refractivity contribution is 5.84. The van der Waals surface area contributed by atoms with Gasteiger partial charge in [-0.2, -0.15) is 0 Å². The highest BCUT2D eigenvalue weighted by Crippen LogP contribution is 2.19. The number of pyridine rings is 1. The monoisotopic (exact) mass is 273 g/mol. The van der Waals surface area contributed by atoms with Gasteiger partial charge in [-0.05, 0) is 36.4 Å². The third-order valence-electron chi connectivity index (χ3n) is 2.56. The fourth-order valence-electron chi connectivity index (χ4n) is 1.53. The first-order valence-electron chi connectivity index (χ1n) is 5.93. The molecule has 0 unspecified atom stereocenters. The molecule has 0 saturated heterocycles. The fraction of sp³-hybridized carbons (Fsp3) is 0.143. The van der Waals surface area contributed by atoms with E-state index in [-0.39, 0.29) is 0 Å². The van der Waals surface area contributed by atoms with Gasteiger partial charge in [0.05, 0.1) is 26.1 Å². The number of anilines is 3. The van der Waals surface area contributed by atoms with Gasteiger partial charge in [0, 0.05) is 5.69 Å². The summed E-state index contributed by atoms with van der Waals surface area (Å²) in [4.78, 5) is 15.2. The lowest BCUT2D eigenvalue weighted by molar-refractivity contribution is 0.187. The molecular weight excluding hydrogens is 258 g/mol. The quantitative estimate of drug-likeness (QED) is 0.895. The molecule has 1 aromatic heterocycles. The molecule has 1 aromatic carbocycles. The van der Waals surface area contributed by atoms with Gasteiger partial charge < -0.3 is 14.8 Å². The number of ether oxygens (including phenoxy) is 2. The van der Waals surface area contributed by atoms with Crippen molar-refractivity contribution in [3.05, 3.63) is 42.6 Å². The standard InChI is InChI=1S/C14H15N3O3/c1-19-12-6-3-10(4-7-12)16-13-8-5-11(9-15-13)17-14(18)20-2/h3-9H,1-2H3,(H,15,16)(H,17,18). The van der Waals surface area contributed by atoms with Crippen molar-refractivity contribution >= 4 is 23.3 Å². The Hall–Kier alpha value is -2.76. The van der Waals surface area contributed by atoms with Crippen LogP contribution in [0.5, 0.6) is 5.75 Å². The zero-order chi connectivity index (χ0) is 14.4. The van der Waals surface area contributed by atoms with E-state index in [9.17, 15) is 4.79 Å². The van der Waals surface area contributed by atoms with Crippen LogP contribution in [-0.2, 0) is 4.74 Å². The average molecular weight is 273 g/mol. The highest BCUT2D eigenvalue weighted by Gasteiger charge is 2.01. The van der Waals surface area contributed by atoms with Gasteiger partial charge in [-0.3, -0.25) is 5.32 Å². The number of carbonyl (C=O) groups is 1. The van der Waals surface area contributed by atoms with Crippen LogP contribution in [0.4, 0.5) is 22.0 Å². The smallest absolute Gasteiger partial charge is 0.411 e. The Bertz CT molecular complexity index is 567. The average Bonchev–Trinajstić information content (AvgIpc) is 2.50. The van der Waals surface area contributed by atoms with Crippen LogP contribution >= 0.6 is 0 Å². The summed E-state index contributed by atoms with van der Waals surface area (Å²) in [5.74, 6) is 1.46. The number of hydrogen-bond acceptors (Lipinski definition) is 5. The van der Waals surface area contributed by atoms with E-state index in [0.29, 0.717) is 11.5 Å². The van der Waals surface area contributed by atoms with E-state index in [2.05, 4.69) is 20.4 Å². The minimum Gasteiger partial charge on any atom is -0.497 e. The summed E-state index contributed by atoms with van der Waals surface area (Å²) >= 11 is 0. The molecule has 0 saturated carbocycles. The van der Waals surface area contributed by atoms with Crippen molar-refractivity contribution in [3.8, 4) is 5.75 Å². The molecule has 0 bridgehead atoms. The summed E-state index contributed by atoms with van der Waals surface area (Å²) in [5, 5.41) is 5.67. The van der Waals surface area contributed by atoms with Gasteiger partial charge in [-0.25, -0.2) is 9.78 Å². The van der Waals surface area contributed by atoms with Gasteiger partial charge >= 0.3 is 6.09 Å². The molecule has 1 heterocycles. The third kappa shape index (κ3) is 3.61. The maximum Gasteiger partial charge on any atom is 0.411 e. The molecular formula is C14H15N3O3. The molecule has 2 N–H and O–H groups in total. The number of nitrogens with zero attached hydrogens (tertiary/aromatic N) is 1. The van der Waals surface area contributed by atoms with Crippen LogP contribution in [0, 0.1) is 0 Å². The summed E-state index contributed by atoms with van der Waals surface area (Å²) < 4.78 is 9.58. The van der Waals surface area contributed by atoms with Crippen LogP contribution in [-0.4, -0.2) is 25.3 Å². The van der Waals surface area contributed by atoms with Crippen molar-refractivity contribution in [1.82, 2.24) is 4.98 Å². The normalized spacial score (nSPS) is 9.70. The molecule has 2 rings (SSSR count). The van der Waals surface area contributed by atoms with Crippen molar-refractivity contribution in [3.63, 3.8) is 0 Å². The first-order chi connectivity index (χ1) is 9.71. The molecule has 2 aromatic rings. The maximum atomic E-state index is 11.0. The summed E-state index contributed by atoms with van der Waals surface area (Å²) in [6.45, 7) is 0. The number of rotatable bonds is 4. The van der Waals surface area contributed by atoms with Gasteiger partial charge in [-0.15, -0.1) is 0 Å². The Labute approximate surface area is 116 Å². The van der Waals surface area contributed by atoms with Gasteiger partial charge in [0.15, 0.2) is 0 Å². The lowest BCUT2D eigenvalue weighted by Crippen LogP contribution is -2.11. The fourth-order valence-corrected chi connectivity index (χ4v) is 1.53. The molecule has 0 aliphatic rings. The SMILES string of the molecule is COC(=O)Nc1ccc(Nc2ccc(OC)cc2)nc1. The maximum absolute atomic E-state index is 11.0. The largest absolute Gasteiger partial charge is 0.497 e. The van der Waals surface area contributed by atoms with Crippen molar-refractivity contribution in [2.24, 2.45) is 0 Å². The van der Waals surface area contributed by atoms with E-state index in [4.69, 9.17) is 4.74 Å². The number of hydrogen-bond donors (Lipinski definition) is 2. The second-order valence-corrected chi connectivity index (χ2v) is 3.90. The molecule has 0 atom stereocenters. The van der Waals surface area contributed by atoms with Crippen LogP contribution in [0.3, 0.4) is 0 Å². The molecule has 0 aliphatic heterocycles. The first-order valence-corrected chi connectivity index (χ1v) is 5.93. The van der Waals surface area contributed by atoms with Crippen molar-refractivity contribution in [2.45, 2.75) is 0 Å². The number of methoxy groups -OCH3 is 2. The van der Waals surface area contributed by atoms with E-state index in [1.807, 2.05) is 24.3 Å². The number of aromatic nitrogens is 1. The van der Waals surface area contributed by atoms with Crippen molar-refractivity contribution in [1.29, 1.82) is 0 Å². The molecule has 104 valence electrons. The minimum atomic E-state index is -0.525. The number of amides is 1. The van der Waals surface area contributed by atoms with Crippen LogP contribution in [0.2, 0.25) is 0 Å². The van der Waals surface area contributed by atoms with Gasteiger partial charge in [0.1, 0.15) is 11.6 Å². The zero-order valence-electron chi connectivity index (χ0n) is 11.2. The Kier molecular flexibility index (Phi) is 4.39. The summed E-state index contributed by atoms with van der Waals surface area (Å²) in [5.41, 5.74) is 1.46. The van der Waals surface area contributed by atoms with Crippen LogP contribution < -0.4 is 15.4 Å². The van der Waals surface area contributed by atoms with E-state index < -0.39 is 6.09 Å². The van der Waals surface area contributed by atoms with Crippen molar-refractivity contribution in [2.75, 3.05) is 24.9 Å². The van der Waals surface area contributed by atoms with Crippen LogP contribution in [0.15, 0.2) is 42.6 Å². The Morgan fingerprint density at radius 1 is 1.05 bits per heavy atom. The van der Waals surface area contributed by atoms with E-state index >= 15 is 0 Å². The van der Waals surface area contributed by atoms with Gasteiger partial charge in [0.25, 0.3) is 0 Å². The van der Waals surface area contributed by atoms with Crippen LogP contribution in [0.1, 0.15) is 0 Å². The Balaban J connectivity index is 2.00. The predicted octanol–water partition coefficient (Wildman–Crippen LogP) is 3.01. The van der Waals surface area contributed by atoms with E-state index in [1.165, 1.54) is 7.11 Å². The van der Waals surface area contributed by atoms with E-state index in [1.54, 1.807) is 25.4 Å². The summed E-state index contributed by atoms with van der Waals surface area (Å²) in [6, 6.07) is 11.0. The Morgan fingerprint density at radius 2 is 1.75 bits per heavy atom. The van der Waals surface area contributed by atoms with Crippen molar-refractivity contribution < 1.29 is 14.3 Å². The van der Waals surface area contributed by atoms with Crippen LogP contribution in [0.25, 0.3) is 0 Å².